The number of ketones is 1. The molecule has 1 N–H and O–H groups in total. The highest BCUT2D eigenvalue weighted by Gasteiger charge is 2.10. The van der Waals surface area contributed by atoms with E-state index in [0.717, 1.165) is 11.3 Å². The highest BCUT2D eigenvalue weighted by Crippen LogP contribution is 2.28. The molecule has 0 spiro atoms. The summed E-state index contributed by atoms with van der Waals surface area (Å²) in [4.78, 5) is 23.0. The number of carboxylic acids is 1. The van der Waals surface area contributed by atoms with Crippen LogP contribution in [0.3, 0.4) is 0 Å². The van der Waals surface area contributed by atoms with Crippen molar-refractivity contribution < 1.29 is 28.9 Å². The van der Waals surface area contributed by atoms with E-state index >= 15 is 0 Å². The quantitative estimate of drug-likeness (QED) is 0.533. The van der Waals surface area contributed by atoms with Gasteiger partial charge in [0, 0.05) is 5.56 Å². The van der Waals surface area contributed by atoms with Gasteiger partial charge in [-0.05, 0) is 55.8 Å². The molecule has 0 radical (unpaired) electrons. The van der Waals surface area contributed by atoms with Crippen LogP contribution in [0.15, 0.2) is 48.5 Å². The SMILES string of the molecule is COc1cc(C(=O)/C=C/c2ccc(OC(C)C)cc2)ccc1OCC(=O)O. The van der Waals surface area contributed by atoms with Gasteiger partial charge in [-0.25, -0.2) is 4.79 Å². The van der Waals surface area contributed by atoms with Gasteiger partial charge in [-0.15, -0.1) is 0 Å². The van der Waals surface area contributed by atoms with Crippen LogP contribution in [0.25, 0.3) is 6.08 Å². The molecule has 2 rings (SSSR count). The number of allylic oxidation sites excluding steroid dienone is 1. The maximum atomic E-state index is 12.4. The minimum absolute atomic E-state index is 0.102. The second-order valence-corrected chi connectivity index (χ2v) is 5.98. The highest BCUT2D eigenvalue weighted by molar-refractivity contribution is 6.07. The van der Waals surface area contributed by atoms with Crippen molar-refractivity contribution in [3.05, 3.63) is 59.7 Å². The van der Waals surface area contributed by atoms with E-state index in [2.05, 4.69) is 0 Å². The van der Waals surface area contributed by atoms with E-state index in [4.69, 9.17) is 19.3 Å². The Hall–Kier alpha value is -3.28. The minimum Gasteiger partial charge on any atom is -0.493 e. The van der Waals surface area contributed by atoms with Crippen molar-refractivity contribution in [2.75, 3.05) is 13.7 Å². The summed E-state index contributed by atoms with van der Waals surface area (Å²) >= 11 is 0. The molecule has 0 atom stereocenters. The molecule has 0 fully saturated rings. The molecule has 0 heterocycles. The van der Waals surface area contributed by atoms with Crippen LogP contribution in [0.5, 0.6) is 17.2 Å². The summed E-state index contributed by atoms with van der Waals surface area (Å²) in [6.07, 6.45) is 3.28. The Morgan fingerprint density at radius 2 is 1.78 bits per heavy atom. The molecule has 2 aromatic rings. The number of carbonyl (C=O) groups excluding carboxylic acids is 1. The topological polar surface area (TPSA) is 82.1 Å². The Kier molecular flexibility index (Phi) is 7.00. The first-order chi connectivity index (χ1) is 12.9. The van der Waals surface area contributed by atoms with Crippen molar-refractivity contribution >= 4 is 17.8 Å². The Balaban J connectivity index is 2.08. The van der Waals surface area contributed by atoms with Gasteiger partial charge in [-0.2, -0.15) is 0 Å². The van der Waals surface area contributed by atoms with E-state index in [1.165, 1.54) is 25.3 Å². The third-order valence-electron chi connectivity index (χ3n) is 3.48. The molecule has 27 heavy (non-hydrogen) atoms. The van der Waals surface area contributed by atoms with Crippen molar-refractivity contribution in [1.82, 2.24) is 0 Å². The van der Waals surface area contributed by atoms with Crippen LogP contribution >= 0.6 is 0 Å². The Bertz CT molecular complexity index is 821. The second kappa shape index (κ2) is 9.43. The van der Waals surface area contributed by atoms with Crippen LogP contribution in [0.4, 0.5) is 0 Å². The molecule has 0 bridgehead atoms. The monoisotopic (exact) mass is 370 g/mol. The molecule has 0 amide bonds. The van der Waals surface area contributed by atoms with Crippen LogP contribution < -0.4 is 14.2 Å². The third kappa shape index (κ3) is 6.18. The van der Waals surface area contributed by atoms with Crippen LogP contribution in [0.1, 0.15) is 29.8 Å². The maximum Gasteiger partial charge on any atom is 0.341 e. The van der Waals surface area contributed by atoms with E-state index in [0.29, 0.717) is 11.3 Å². The number of benzene rings is 2. The lowest BCUT2D eigenvalue weighted by Gasteiger charge is -2.10. The van der Waals surface area contributed by atoms with Gasteiger partial charge in [0.05, 0.1) is 13.2 Å². The fraction of sp³-hybridized carbons (Fsp3) is 0.238. The lowest BCUT2D eigenvalue weighted by molar-refractivity contribution is -0.139. The van der Waals surface area contributed by atoms with Gasteiger partial charge in [0.2, 0.25) is 0 Å². The zero-order chi connectivity index (χ0) is 19.8. The Labute approximate surface area is 158 Å². The number of hydrogen-bond donors (Lipinski definition) is 1. The molecule has 0 saturated heterocycles. The lowest BCUT2D eigenvalue weighted by Crippen LogP contribution is -2.10. The standard InChI is InChI=1S/C21H22O6/c1-14(2)27-17-8-4-15(5-9-17)6-10-18(22)16-7-11-19(20(12-16)25-3)26-13-21(23)24/h4-12,14H,13H2,1-3H3,(H,23,24)/b10-6+. The molecule has 0 unspecified atom stereocenters. The van der Waals surface area contributed by atoms with Gasteiger partial charge < -0.3 is 19.3 Å². The summed E-state index contributed by atoms with van der Waals surface area (Å²) in [6.45, 7) is 3.43. The molecule has 6 heteroatoms. The Morgan fingerprint density at radius 3 is 2.37 bits per heavy atom. The number of ether oxygens (including phenoxy) is 3. The van der Waals surface area contributed by atoms with Gasteiger partial charge >= 0.3 is 5.97 Å². The number of carboxylic acid groups (broad SMARTS) is 1. The van der Waals surface area contributed by atoms with Gasteiger partial charge in [0.25, 0.3) is 0 Å². The van der Waals surface area contributed by atoms with E-state index < -0.39 is 12.6 Å². The largest absolute Gasteiger partial charge is 0.493 e. The number of methoxy groups -OCH3 is 1. The zero-order valence-electron chi connectivity index (χ0n) is 15.5. The average Bonchev–Trinajstić information content (AvgIpc) is 2.64. The smallest absolute Gasteiger partial charge is 0.341 e. The number of hydrogen-bond acceptors (Lipinski definition) is 5. The summed E-state index contributed by atoms with van der Waals surface area (Å²) in [5, 5.41) is 8.68. The molecule has 142 valence electrons. The molecule has 0 aliphatic heterocycles. The van der Waals surface area contributed by atoms with Crippen molar-refractivity contribution in [3.8, 4) is 17.2 Å². The Morgan fingerprint density at radius 1 is 1.07 bits per heavy atom. The summed E-state index contributed by atoms with van der Waals surface area (Å²) in [6, 6.07) is 12.0. The van der Waals surface area contributed by atoms with Crippen LogP contribution in [0.2, 0.25) is 0 Å². The fourth-order valence-electron chi connectivity index (χ4n) is 2.28. The molecule has 6 nitrogen and oxygen atoms in total. The first kappa shape index (κ1) is 20.0. The molecule has 2 aromatic carbocycles. The molecule has 0 aromatic heterocycles. The first-order valence-corrected chi connectivity index (χ1v) is 8.41. The number of aliphatic carboxylic acids is 1. The van der Waals surface area contributed by atoms with Crippen LogP contribution in [0, 0.1) is 0 Å². The van der Waals surface area contributed by atoms with Gasteiger partial charge in [-0.3, -0.25) is 4.79 Å². The third-order valence-corrected chi connectivity index (χ3v) is 3.48. The average molecular weight is 370 g/mol. The lowest BCUT2D eigenvalue weighted by atomic mass is 10.1. The second-order valence-electron chi connectivity index (χ2n) is 5.98. The van der Waals surface area contributed by atoms with Gasteiger partial charge in [0.1, 0.15) is 5.75 Å². The summed E-state index contributed by atoms with van der Waals surface area (Å²) in [5.41, 5.74) is 1.28. The normalized spacial score (nSPS) is 10.8. The number of rotatable bonds is 9. The molecular weight excluding hydrogens is 348 g/mol. The van der Waals surface area contributed by atoms with Crippen molar-refractivity contribution in [3.63, 3.8) is 0 Å². The molecule has 0 saturated carbocycles. The summed E-state index contributed by atoms with van der Waals surface area (Å²) < 4.78 is 15.9. The van der Waals surface area contributed by atoms with Gasteiger partial charge in [-0.1, -0.05) is 18.2 Å². The predicted octanol–water partition coefficient (Wildman–Crippen LogP) is 3.84. The van der Waals surface area contributed by atoms with E-state index in [9.17, 15) is 9.59 Å². The predicted molar refractivity (Wildman–Crippen MR) is 102 cm³/mol. The fourth-order valence-corrected chi connectivity index (χ4v) is 2.28. The summed E-state index contributed by atoms with van der Waals surface area (Å²) in [5.74, 6) is 0.0348. The van der Waals surface area contributed by atoms with Crippen LogP contribution in [-0.2, 0) is 4.79 Å². The maximum absolute atomic E-state index is 12.4. The molecular formula is C21H22O6. The zero-order valence-corrected chi connectivity index (χ0v) is 15.5. The van der Waals surface area contributed by atoms with Crippen molar-refractivity contribution in [1.29, 1.82) is 0 Å². The van der Waals surface area contributed by atoms with Crippen LogP contribution in [-0.4, -0.2) is 36.7 Å². The van der Waals surface area contributed by atoms with E-state index in [1.807, 2.05) is 38.1 Å². The van der Waals surface area contributed by atoms with Crippen molar-refractivity contribution in [2.24, 2.45) is 0 Å². The molecule has 0 aliphatic carbocycles. The first-order valence-electron chi connectivity index (χ1n) is 8.41. The highest BCUT2D eigenvalue weighted by atomic mass is 16.5. The minimum atomic E-state index is -1.09. The molecule has 0 aliphatic rings. The van der Waals surface area contributed by atoms with E-state index in [-0.39, 0.29) is 17.6 Å². The van der Waals surface area contributed by atoms with E-state index in [1.54, 1.807) is 12.1 Å². The van der Waals surface area contributed by atoms with Crippen molar-refractivity contribution in [2.45, 2.75) is 20.0 Å². The van der Waals surface area contributed by atoms with Gasteiger partial charge in [0.15, 0.2) is 23.9 Å². The number of carbonyl (C=O) groups is 2. The summed E-state index contributed by atoms with van der Waals surface area (Å²) in [7, 11) is 1.42.